The highest BCUT2D eigenvalue weighted by Gasteiger charge is 2.20. The lowest BCUT2D eigenvalue weighted by atomic mass is 10.1. The third kappa shape index (κ3) is 4.73. The molecule has 1 aromatic carbocycles. The number of hydrogen-bond donors (Lipinski definition) is 1. The van der Waals surface area contributed by atoms with Crippen LogP contribution >= 0.6 is 0 Å². The zero-order valence-corrected chi connectivity index (χ0v) is 14.2. The Morgan fingerprint density at radius 3 is 2.96 bits per heavy atom. The molecule has 1 aromatic rings. The minimum Gasteiger partial charge on any atom is -0.493 e. The van der Waals surface area contributed by atoms with Crippen LogP contribution in [0, 0.1) is 0 Å². The zero-order chi connectivity index (χ0) is 16.7. The maximum absolute atomic E-state index is 12.3. The second-order valence-electron chi connectivity index (χ2n) is 5.68. The number of nitrogens with zero attached hydrogens (tertiary/aromatic N) is 1. The second-order valence-corrected chi connectivity index (χ2v) is 5.68. The molecule has 1 fully saturated rings. The number of benzene rings is 1. The van der Waals surface area contributed by atoms with Crippen molar-refractivity contribution in [1.82, 2.24) is 10.2 Å². The fraction of sp³-hybridized carbons (Fsp3) is 0.500. The molecule has 1 heterocycles. The lowest BCUT2D eigenvalue weighted by Gasteiger charge is -2.33. The molecule has 1 unspecified atom stereocenters. The summed E-state index contributed by atoms with van der Waals surface area (Å²) < 4.78 is 11.0. The summed E-state index contributed by atoms with van der Waals surface area (Å²) in [7, 11) is 1.62. The highest BCUT2D eigenvalue weighted by Crippen LogP contribution is 2.28. The van der Waals surface area contributed by atoms with E-state index in [1.807, 2.05) is 29.2 Å². The predicted molar refractivity (Wildman–Crippen MR) is 91.9 cm³/mol. The van der Waals surface area contributed by atoms with Gasteiger partial charge in [-0.2, -0.15) is 0 Å². The van der Waals surface area contributed by atoms with E-state index in [0.29, 0.717) is 12.4 Å². The molecule has 1 amide bonds. The van der Waals surface area contributed by atoms with Gasteiger partial charge in [0, 0.05) is 31.8 Å². The molecule has 0 spiro atoms. The van der Waals surface area contributed by atoms with Crippen LogP contribution in [0.25, 0.3) is 6.08 Å². The third-order valence-electron chi connectivity index (χ3n) is 3.85. The van der Waals surface area contributed by atoms with Gasteiger partial charge in [0.2, 0.25) is 5.91 Å². The lowest BCUT2D eigenvalue weighted by molar-refractivity contribution is -0.128. The SMILES string of the molecule is CCCOc1ccc(/C=C/C(=O)N2CCNCC2C)cc1OC. The quantitative estimate of drug-likeness (QED) is 0.818. The van der Waals surface area contributed by atoms with Crippen LogP contribution in [0.5, 0.6) is 11.5 Å². The number of ether oxygens (including phenoxy) is 2. The van der Waals surface area contributed by atoms with Crippen LogP contribution in [0.1, 0.15) is 25.8 Å². The van der Waals surface area contributed by atoms with Gasteiger partial charge in [-0.1, -0.05) is 13.0 Å². The first-order valence-electron chi connectivity index (χ1n) is 8.16. The van der Waals surface area contributed by atoms with E-state index >= 15 is 0 Å². The number of carbonyl (C=O) groups excluding carboxylic acids is 1. The Balaban J connectivity index is 2.05. The second kappa shape index (κ2) is 8.58. The third-order valence-corrected chi connectivity index (χ3v) is 3.85. The van der Waals surface area contributed by atoms with Crippen molar-refractivity contribution in [2.45, 2.75) is 26.3 Å². The molecule has 5 heteroatoms. The predicted octanol–water partition coefficient (Wildman–Crippen LogP) is 2.32. The molecule has 1 N–H and O–H groups in total. The standard InChI is InChI=1S/C18H26N2O3/c1-4-11-23-16-7-5-15(12-17(16)22-3)6-8-18(21)20-10-9-19-13-14(20)2/h5-8,12,14,19H,4,9-11,13H2,1-3H3/b8-6+. The van der Waals surface area contributed by atoms with Crippen LogP contribution in [-0.4, -0.2) is 50.2 Å². The lowest BCUT2D eigenvalue weighted by Crippen LogP contribution is -2.51. The normalized spacial score (nSPS) is 18.2. The first kappa shape index (κ1) is 17.3. The van der Waals surface area contributed by atoms with Crippen LogP contribution in [0.2, 0.25) is 0 Å². The first-order valence-corrected chi connectivity index (χ1v) is 8.16. The number of nitrogens with one attached hydrogen (secondary N) is 1. The van der Waals surface area contributed by atoms with Gasteiger partial charge < -0.3 is 19.7 Å². The minimum absolute atomic E-state index is 0.0456. The Labute approximate surface area is 138 Å². The molecule has 0 radical (unpaired) electrons. The van der Waals surface area contributed by atoms with Gasteiger partial charge in [0.15, 0.2) is 11.5 Å². The van der Waals surface area contributed by atoms with E-state index in [0.717, 1.165) is 37.4 Å². The average Bonchev–Trinajstić information content (AvgIpc) is 2.58. The molecular formula is C18H26N2O3. The van der Waals surface area contributed by atoms with Gasteiger partial charge in [-0.05, 0) is 37.1 Å². The minimum atomic E-state index is 0.0456. The molecule has 2 rings (SSSR count). The van der Waals surface area contributed by atoms with Crippen molar-refractivity contribution >= 4 is 12.0 Å². The van der Waals surface area contributed by atoms with E-state index in [1.54, 1.807) is 13.2 Å². The van der Waals surface area contributed by atoms with E-state index in [4.69, 9.17) is 9.47 Å². The Morgan fingerprint density at radius 2 is 2.26 bits per heavy atom. The molecule has 1 aliphatic rings. The molecule has 0 aromatic heterocycles. The molecule has 5 nitrogen and oxygen atoms in total. The van der Waals surface area contributed by atoms with Crippen LogP contribution in [-0.2, 0) is 4.79 Å². The van der Waals surface area contributed by atoms with Gasteiger partial charge >= 0.3 is 0 Å². The first-order chi connectivity index (χ1) is 11.2. The van der Waals surface area contributed by atoms with Crippen LogP contribution in [0.4, 0.5) is 0 Å². The molecule has 0 aliphatic carbocycles. The highest BCUT2D eigenvalue weighted by atomic mass is 16.5. The summed E-state index contributed by atoms with van der Waals surface area (Å²) in [4.78, 5) is 14.2. The Bertz CT molecular complexity index is 557. The maximum atomic E-state index is 12.3. The molecule has 0 bridgehead atoms. The van der Waals surface area contributed by atoms with Crippen molar-refractivity contribution in [3.05, 3.63) is 29.8 Å². The molecular weight excluding hydrogens is 292 g/mol. The van der Waals surface area contributed by atoms with Crippen molar-refractivity contribution in [1.29, 1.82) is 0 Å². The van der Waals surface area contributed by atoms with Crippen molar-refractivity contribution in [3.63, 3.8) is 0 Å². The van der Waals surface area contributed by atoms with Gasteiger partial charge in [0.05, 0.1) is 13.7 Å². The van der Waals surface area contributed by atoms with Gasteiger partial charge in [0.1, 0.15) is 0 Å². The topological polar surface area (TPSA) is 50.8 Å². The maximum Gasteiger partial charge on any atom is 0.246 e. The molecule has 1 aliphatic heterocycles. The van der Waals surface area contributed by atoms with Crippen molar-refractivity contribution < 1.29 is 14.3 Å². The van der Waals surface area contributed by atoms with Gasteiger partial charge in [-0.15, -0.1) is 0 Å². The summed E-state index contributed by atoms with van der Waals surface area (Å²) in [6.07, 6.45) is 4.40. The van der Waals surface area contributed by atoms with E-state index in [9.17, 15) is 4.79 Å². The van der Waals surface area contributed by atoms with Crippen LogP contribution < -0.4 is 14.8 Å². The van der Waals surface area contributed by atoms with Crippen LogP contribution in [0.3, 0.4) is 0 Å². The summed E-state index contributed by atoms with van der Waals surface area (Å²) in [6, 6.07) is 5.92. The van der Waals surface area contributed by atoms with E-state index in [-0.39, 0.29) is 11.9 Å². The monoisotopic (exact) mass is 318 g/mol. The fourth-order valence-corrected chi connectivity index (χ4v) is 2.55. The van der Waals surface area contributed by atoms with Gasteiger partial charge in [-0.25, -0.2) is 0 Å². The summed E-state index contributed by atoms with van der Waals surface area (Å²) >= 11 is 0. The number of amides is 1. The van der Waals surface area contributed by atoms with Crippen LogP contribution in [0.15, 0.2) is 24.3 Å². The Hall–Kier alpha value is -2.01. The van der Waals surface area contributed by atoms with E-state index < -0.39 is 0 Å². The summed E-state index contributed by atoms with van der Waals surface area (Å²) in [5, 5.41) is 3.28. The molecule has 23 heavy (non-hydrogen) atoms. The van der Waals surface area contributed by atoms with Crippen molar-refractivity contribution in [2.75, 3.05) is 33.4 Å². The Kier molecular flexibility index (Phi) is 6.47. The average molecular weight is 318 g/mol. The van der Waals surface area contributed by atoms with Gasteiger partial charge in [0.25, 0.3) is 0 Å². The van der Waals surface area contributed by atoms with E-state index in [2.05, 4.69) is 19.2 Å². The van der Waals surface area contributed by atoms with Crippen molar-refractivity contribution in [3.8, 4) is 11.5 Å². The van der Waals surface area contributed by atoms with E-state index in [1.165, 1.54) is 0 Å². The molecule has 1 saturated heterocycles. The molecule has 126 valence electrons. The summed E-state index contributed by atoms with van der Waals surface area (Å²) in [5.74, 6) is 1.46. The molecule has 0 saturated carbocycles. The summed E-state index contributed by atoms with van der Waals surface area (Å²) in [6.45, 7) is 7.22. The fourth-order valence-electron chi connectivity index (χ4n) is 2.55. The summed E-state index contributed by atoms with van der Waals surface area (Å²) in [5.41, 5.74) is 0.918. The number of piperazine rings is 1. The zero-order valence-electron chi connectivity index (χ0n) is 14.2. The highest BCUT2D eigenvalue weighted by molar-refractivity contribution is 5.92. The number of rotatable bonds is 6. The number of hydrogen-bond acceptors (Lipinski definition) is 4. The smallest absolute Gasteiger partial charge is 0.246 e. The number of methoxy groups -OCH3 is 1. The largest absolute Gasteiger partial charge is 0.493 e. The van der Waals surface area contributed by atoms with Gasteiger partial charge in [-0.3, -0.25) is 4.79 Å². The Morgan fingerprint density at radius 1 is 1.43 bits per heavy atom. The molecule has 1 atom stereocenters. The number of carbonyl (C=O) groups is 1. The van der Waals surface area contributed by atoms with Crippen molar-refractivity contribution in [2.24, 2.45) is 0 Å².